The summed E-state index contributed by atoms with van der Waals surface area (Å²) >= 11 is 6.11. The second-order valence-electron chi connectivity index (χ2n) is 27.6. The Balaban J connectivity index is 2.25. The number of likely N-dealkylation sites (N-methyl/N-ethyl adjacent to an activating group) is 7. The summed E-state index contributed by atoms with van der Waals surface area (Å²) in [6.45, 7) is 19.7. The summed E-state index contributed by atoms with van der Waals surface area (Å²) in [4.78, 5) is 168. The van der Waals surface area contributed by atoms with Gasteiger partial charge in [-0.25, -0.2) is 0 Å². The number of carbonyl (C=O) groups is 11. The van der Waals surface area contributed by atoms with Crippen molar-refractivity contribution < 1.29 is 65.9 Å². The summed E-state index contributed by atoms with van der Waals surface area (Å²) in [6, 6.07) is -6.34. The molecule has 1 aliphatic carbocycles. The largest absolute Gasteiger partial charge is 0.417 e. The van der Waals surface area contributed by atoms with Crippen LogP contribution >= 0.6 is 11.6 Å². The van der Waals surface area contributed by atoms with Crippen LogP contribution in [0.25, 0.3) is 0 Å². The zero-order valence-electron chi connectivity index (χ0n) is 58.0. The predicted molar refractivity (Wildman–Crippen MR) is 346 cm³/mol. The molecule has 26 heteroatoms. The second-order valence-corrected chi connectivity index (χ2v) is 28.0. The van der Waals surface area contributed by atoms with Gasteiger partial charge in [0.05, 0.1) is 23.7 Å². The molecular formula is C66H107ClF3N11O11. The fourth-order valence-electron chi connectivity index (χ4n) is 11.4. The van der Waals surface area contributed by atoms with E-state index in [-0.39, 0.29) is 74.2 Å². The molecule has 0 radical (unpaired) electrons. The summed E-state index contributed by atoms with van der Waals surface area (Å²) in [5, 5.41) is 10.6. The van der Waals surface area contributed by atoms with E-state index >= 15 is 0 Å². The van der Waals surface area contributed by atoms with Crippen molar-refractivity contribution in [1.29, 1.82) is 0 Å². The van der Waals surface area contributed by atoms with Crippen LogP contribution in [-0.4, -0.2) is 216 Å². The first kappa shape index (κ1) is 79.7. The normalized spacial score (nSPS) is 25.6. The van der Waals surface area contributed by atoms with E-state index in [1.807, 2.05) is 34.6 Å². The Morgan fingerprint density at radius 1 is 0.587 bits per heavy atom. The summed E-state index contributed by atoms with van der Waals surface area (Å²) in [5.41, 5.74) is -2.50. The van der Waals surface area contributed by atoms with Crippen LogP contribution in [0.2, 0.25) is 5.02 Å². The second kappa shape index (κ2) is 35.1. The van der Waals surface area contributed by atoms with E-state index in [1.165, 1.54) is 90.9 Å². The van der Waals surface area contributed by atoms with Crippen LogP contribution in [0, 0.1) is 29.6 Å². The number of rotatable bonds is 13. The number of nitrogens with zero attached hydrogens (tertiary/aromatic N) is 7. The van der Waals surface area contributed by atoms with Gasteiger partial charge in [0.2, 0.25) is 65.0 Å². The first-order valence-corrected chi connectivity index (χ1v) is 32.8. The standard InChI is InChI=1S/C66H107ClF3N11O11/c1-20-41(8)56-63(91)76(14)36-54(83)75(13)37-55(84)80(18)52(35-44-24-22-21-23-25-44)62(90)78(16)43(10)57(85)71-48(29-27-45-26-28-46(47(67)34-45)66(68,69)70)58(86)72-50(31-39(4)5)61(89)81(19)65(11,12)64(92)73-49(30-38(2)3)60(88)77(15)42(9)33-53(82)79(17)51(32-40(6)7)59(87)74-56/h26,28,34,38-44,48-52,56H,20-25,27,29-33,35-37H2,1-19H3,(H,71,85)(H,72,86)(H,73,92)(H,74,87)/t41-,42+,43+,48-,49+,50-,51-,52-,56-/m0/s1. The van der Waals surface area contributed by atoms with Gasteiger partial charge in [-0.15, -0.1) is 0 Å². The Morgan fingerprint density at radius 2 is 1.12 bits per heavy atom. The van der Waals surface area contributed by atoms with Gasteiger partial charge in [-0.1, -0.05) is 112 Å². The molecule has 1 saturated heterocycles. The van der Waals surface area contributed by atoms with Gasteiger partial charge < -0.3 is 55.6 Å². The van der Waals surface area contributed by atoms with E-state index in [0.29, 0.717) is 6.42 Å². The van der Waals surface area contributed by atoms with Gasteiger partial charge in [0, 0.05) is 61.8 Å². The van der Waals surface area contributed by atoms with Gasteiger partial charge in [0.15, 0.2) is 0 Å². The monoisotopic (exact) mass is 1320 g/mol. The molecule has 1 heterocycles. The van der Waals surface area contributed by atoms with Crippen LogP contribution in [0.5, 0.6) is 0 Å². The van der Waals surface area contributed by atoms with Crippen LogP contribution in [-0.2, 0) is 65.3 Å². The van der Waals surface area contributed by atoms with Gasteiger partial charge >= 0.3 is 6.18 Å². The van der Waals surface area contributed by atoms with Crippen molar-refractivity contribution in [2.24, 2.45) is 29.6 Å². The first-order valence-electron chi connectivity index (χ1n) is 32.5. The molecule has 1 aromatic carbocycles. The molecule has 92 heavy (non-hydrogen) atoms. The molecular weight excluding hydrogens is 1220 g/mol. The van der Waals surface area contributed by atoms with Crippen LogP contribution in [0.4, 0.5) is 13.2 Å². The highest BCUT2D eigenvalue weighted by molar-refractivity contribution is 6.31. The molecule has 9 atom stereocenters. The summed E-state index contributed by atoms with van der Waals surface area (Å²) < 4.78 is 41.3. The number of aryl methyl sites for hydroxylation is 1. The van der Waals surface area contributed by atoms with Gasteiger partial charge in [0.25, 0.3) is 0 Å². The third kappa shape index (κ3) is 22.3. The lowest BCUT2D eigenvalue weighted by atomic mass is 9.84. The van der Waals surface area contributed by atoms with E-state index in [0.717, 1.165) is 63.8 Å². The summed E-state index contributed by atoms with van der Waals surface area (Å²) in [5.74, 6) is -8.26. The van der Waals surface area contributed by atoms with Crippen LogP contribution in [0.3, 0.4) is 0 Å². The van der Waals surface area contributed by atoms with Crippen molar-refractivity contribution in [3.63, 3.8) is 0 Å². The third-order valence-corrected chi connectivity index (χ3v) is 18.8. The van der Waals surface area contributed by atoms with Crippen LogP contribution in [0.15, 0.2) is 18.2 Å². The molecule has 1 aliphatic heterocycles. The average Bonchev–Trinajstić information content (AvgIpc) is 0.836. The Kier molecular flexibility index (Phi) is 30.4. The Labute approximate surface area is 548 Å². The molecule has 4 N–H and O–H groups in total. The number of hydrogen-bond donors (Lipinski definition) is 4. The lowest BCUT2D eigenvalue weighted by Crippen LogP contribution is -2.63. The Bertz CT molecular complexity index is 2760. The number of alkyl halides is 3. The number of nitrogens with one attached hydrogen (secondary N) is 4. The zero-order chi connectivity index (χ0) is 70.2. The molecule has 1 aromatic rings. The number of carbonyl (C=O) groups excluding carboxylic acids is 11. The highest BCUT2D eigenvalue weighted by Gasteiger charge is 2.44. The van der Waals surface area contributed by atoms with Crippen LogP contribution in [0.1, 0.15) is 171 Å². The van der Waals surface area contributed by atoms with E-state index in [2.05, 4.69) is 21.3 Å². The van der Waals surface area contributed by atoms with Gasteiger partial charge in [-0.05, 0) is 114 Å². The van der Waals surface area contributed by atoms with Crippen molar-refractivity contribution in [2.45, 2.75) is 227 Å². The zero-order valence-corrected chi connectivity index (χ0v) is 58.7. The molecule has 520 valence electrons. The minimum absolute atomic E-state index is 0.0137. The Hall–Kier alpha value is -6.53. The maximum absolute atomic E-state index is 14.9. The molecule has 11 amide bonds. The Morgan fingerprint density at radius 3 is 1.65 bits per heavy atom. The molecule has 2 fully saturated rings. The fraction of sp³-hybridized carbons (Fsp3) is 0.742. The van der Waals surface area contributed by atoms with Crippen LogP contribution < -0.4 is 21.3 Å². The number of halogens is 4. The number of hydrogen-bond acceptors (Lipinski definition) is 11. The van der Waals surface area contributed by atoms with Crippen molar-refractivity contribution >= 4 is 76.6 Å². The summed E-state index contributed by atoms with van der Waals surface area (Å²) in [7, 11) is 9.92. The SMILES string of the molecule is CC[C@H](C)[C@@H]1NC(=O)[C@H](CC(C)C)N(C)C(=O)C[C@@H](C)N(C)C(=O)[C@@H](CC(C)C)NC(=O)C(C)(C)N(C)C(=O)[C@H](CC(C)C)NC(=O)[C@H](CCc2ccc(C(F)(F)F)c(Cl)c2)NC(=O)[C@@H](C)N(C)C(=O)[C@H](CC2CCCCC2)N(C)C(=O)CN(C)C(=O)CN(C)C1=O. The number of benzene rings is 1. The molecule has 22 nitrogen and oxygen atoms in total. The van der Waals surface area contributed by atoms with E-state index in [9.17, 15) is 65.9 Å². The molecule has 0 unspecified atom stereocenters. The predicted octanol–water partition coefficient (Wildman–Crippen LogP) is 6.29. The lowest BCUT2D eigenvalue weighted by molar-refractivity contribution is -0.150. The fourth-order valence-corrected chi connectivity index (χ4v) is 11.8. The topological polar surface area (TPSA) is 259 Å². The van der Waals surface area contributed by atoms with Crippen molar-refractivity contribution in [1.82, 2.24) is 55.6 Å². The average molecular weight is 1320 g/mol. The number of amides is 11. The smallest absolute Gasteiger partial charge is 0.343 e. The maximum Gasteiger partial charge on any atom is 0.417 e. The van der Waals surface area contributed by atoms with Crippen molar-refractivity contribution in [3.05, 3.63) is 34.3 Å². The minimum Gasteiger partial charge on any atom is -0.343 e. The molecule has 1 saturated carbocycles. The minimum atomic E-state index is -4.76. The highest BCUT2D eigenvalue weighted by atomic mass is 35.5. The van der Waals surface area contributed by atoms with E-state index in [1.54, 1.807) is 27.7 Å². The van der Waals surface area contributed by atoms with Gasteiger partial charge in [-0.3, -0.25) is 52.7 Å². The molecule has 0 spiro atoms. The molecule has 2 aliphatic rings. The van der Waals surface area contributed by atoms with Gasteiger partial charge in [-0.2, -0.15) is 13.2 Å². The molecule has 3 rings (SSSR count). The molecule has 0 aromatic heterocycles. The lowest BCUT2D eigenvalue weighted by Gasteiger charge is -2.39. The van der Waals surface area contributed by atoms with E-state index < -0.39 is 155 Å². The third-order valence-electron chi connectivity index (χ3n) is 18.4. The molecule has 0 bridgehead atoms. The highest BCUT2D eigenvalue weighted by Crippen LogP contribution is 2.36. The maximum atomic E-state index is 14.9. The van der Waals surface area contributed by atoms with Gasteiger partial charge in [0.1, 0.15) is 47.8 Å². The van der Waals surface area contributed by atoms with E-state index in [4.69, 9.17) is 11.6 Å². The first-order chi connectivity index (χ1) is 42.6. The van der Waals surface area contributed by atoms with Crippen molar-refractivity contribution in [2.75, 3.05) is 62.4 Å². The van der Waals surface area contributed by atoms with Crippen molar-refractivity contribution in [3.8, 4) is 0 Å². The quantitative estimate of drug-likeness (QED) is 0.171. The summed E-state index contributed by atoms with van der Waals surface area (Å²) in [6.07, 6.45) is -0.0205.